The van der Waals surface area contributed by atoms with Gasteiger partial charge < -0.3 is 5.32 Å². The fraction of sp³-hybridized carbons (Fsp3) is 0.417. The Hall–Kier alpha value is -1.54. The fourth-order valence-corrected chi connectivity index (χ4v) is 1.44. The predicted molar refractivity (Wildman–Crippen MR) is 58.0 cm³/mol. The topological polar surface area (TPSA) is 35.8 Å². The molecule has 0 bridgehead atoms. The molecule has 0 saturated heterocycles. The second kappa shape index (κ2) is 5.69. The summed E-state index contributed by atoms with van der Waals surface area (Å²) in [4.78, 5) is 0. The molecule has 0 aliphatic rings. The number of hydrogen-bond donors (Lipinski definition) is 1. The molecular weight excluding hydrogens is 229 g/mol. The van der Waals surface area contributed by atoms with Gasteiger partial charge in [0.25, 0.3) is 0 Å². The van der Waals surface area contributed by atoms with Gasteiger partial charge in [-0.05, 0) is 18.6 Å². The predicted octanol–water partition coefficient (Wildman–Crippen LogP) is 3.10. The molecule has 0 radical (unpaired) electrons. The molecule has 1 N–H and O–H groups in total. The van der Waals surface area contributed by atoms with Gasteiger partial charge in [0, 0.05) is 12.6 Å². The maximum Gasteiger partial charge on any atom is 0.416 e. The van der Waals surface area contributed by atoms with Crippen molar-refractivity contribution < 1.29 is 13.2 Å². The Balaban J connectivity index is 2.75. The van der Waals surface area contributed by atoms with E-state index in [0.717, 1.165) is 6.07 Å². The molecule has 0 aromatic heterocycles. The standard InChI is InChI=1S/C12H13F3N2/c1-9(6-7-16)17-8-10-4-2-3-5-11(10)12(13,14)15/h2-5,9,17H,6,8H2,1H3. The van der Waals surface area contributed by atoms with E-state index in [1.165, 1.54) is 12.1 Å². The van der Waals surface area contributed by atoms with E-state index in [0.29, 0.717) is 0 Å². The van der Waals surface area contributed by atoms with Gasteiger partial charge in [0.1, 0.15) is 0 Å². The zero-order valence-corrected chi connectivity index (χ0v) is 9.38. The van der Waals surface area contributed by atoms with Crippen LogP contribution in [0.5, 0.6) is 0 Å². The minimum Gasteiger partial charge on any atom is -0.309 e. The first-order valence-electron chi connectivity index (χ1n) is 5.20. The molecule has 0 spiro atoms. The highest BCUT2D eigenvalue weighted by Crippen LogP contribution is 2.31. The Kier molecular flexibility index (Phi) is 4.53. The Morgan fingerprint density at radius 3 is 2.59 bits per heavy atom. The quantitative estimate of drug-likeness (QED) is 0.880. The van der Waals surface area contributed by atoms with E-state index in [-0.39, 0.29) is 24.6 Å². The van der Waals surface area contributed by atoms with Crippen LogP contribution in [0.25, 0.3) is 0 Å². The Labute approximate surface area is 98.1 Å². The molecule has 0 aliphatic heterocycles. The largest absolute Gasteiger partial charge is 0.416 e. The second-order valence-electron chi connectivity index (χ2n) is 3.80. The van der Waals surface area contributed by atoms with Crippen LogP contribution >= 0.6 is 0 Å². The zero-order valence-electron chi connectivity index (χ0n) is 9.38. The second-order valence-corrected chi connectivity index (χ2v) is 3.80. The smallest absolute Gasteiger partial charge is 0.309 e. The molecule has 1 rings (SSSR count). The van der Waals surface area contributed by atoms with Crippen LogP contribution in [0.4, 0.5) is 13.2 Å². The van der Waals surface area contributed by atoms with Crippen LogP contribution in [0.15, 0.2) is 24.3 Å². The molecular formula is C12H13F3N2. The van der Waals surface area contributed by atoms with E-state index in [1.807, 2.05) is 6.07 Å². The SMILES string of the molecule is CC(CC#N)NCc1ccccc1C(F)(F)F. The Morgan fingerprint density at radius 1 is 1.35 bits per heavy atom. The van der Waals surface area contributed by atoms with Crippen LogP contribution in [0.2, 0.25) is 0 Å². The van der Waals surface area contributed by atoms with Crippen molar-refractivity contribution >= 4 is 0 Å². The van der Waals surface area contributed by atoms with Crippen LogP contribution in [0.1, 0.15) is 24.5 Å². The van der Waals surface area contributed by atoms with Crippen molar-refractivity contribution in [3.8, 4) is 6.07 Å². The molecule has 0 saturated carbocycles. The fourth-order valence-electron chi connectivity index (χ4n) is 1.44. The first-order chi connectivity index (χ1) is 7.95. The lowest BCUT2D eigenvalue weighted by Gasteiger charge is -2.15. The van der Waals surface area contributed by atoms with Gasteiger partial charge in [-0.25, -0.2) is 0 Å². The van der Waals surface area contributed by atoms with Crippen LogP contribution in [0.3, 0.4) is 0 Å². The maximum atomic E-state index is 12.6. The van der Waals surface area contributed by atoms with E-state index in [4.69, 9.17) is 5.26 Å². The molecule has 0 fully saturated rings. The van der Waals surface area contributed by atoms with E-state index < -0.39 is 11.7 Å². The number of nitrogens with one attached hydrogen (secondary N) is 1. The van der Waals surface area contributed by atoms with Crippen LogP contribution in [-0.2, 0) is 12.7 Å². The number of hydrogen-bond acceptors (Lipinski definition) is 2. The minimum atomic E-state index is -4.34. The third kappa shape index (κ3) is 4.08. The van der Waals surface area contributed by atoms with Gasteiger partial charge in [-0.2, -0.15) is 18.4 Å². The summed E-state index contributed by atoms with van der Waals surface area (Å²) in [5.41, 5.74) is -0.429. The van der Waals surface area contributed by atoms with Crippen molar-refractivity contribution in [2.75, 3.05) is 0 Å². The van der Waals surface area contributed by atoms with E-state index in [9.17, 15) is 13.2 Å². The molecule has 1 atom stereocenters. The third-order valence-corrected chi connectivity index (χ3v) is 2.36. The van der Waals surface area contributed by atoms with Gasteiger partial charge in [0.15, 0.2) is 0 Å². The summed E-state index contributed by atoms with van der Waals surface area (Å²) in [6, 6.07) is 7.28. The van der Waals surface area contributed by atoms with Gasteiger partial charge in [-0.3, -0.25) is 0 Å². The number of alkyl halides is 3. The van der Waals surface area contributed by atoms with E-state index >= 15 is 0 Å². The van der Waals surface area contributed by atoms with Crippen molar-refractivity contribution in [3.63, 3.8) is 0 Å². The van der Waals surface area contributed by atoms with Crippen molar-refractivity contribution in [1.82, 2.24) is 5.32 Å². The minimum absolute atomic E-state index is 0.110. The first-order valence-corrected chi connectivity index (χ1v) is 5.20. The number of nitriles is 1. The van der Waals surface area contributed by atoms with Crippen LogP contribution in [-0.4, -0.2) is 6.04 Å². The van der Waals surface area contributed by atoms with E-state index in [1.54, 1.807) is 13.0 Å². The first kappa shape index (κ1) is 13.5. The van der Waals surface area contributed by atoms with Gasteiger partial charge in [-0.15, -0.1) is 0 Å². The molecule has 1 aromatic carbocycles. The normalized spacial score (nSPS) is 13.1. The van der Waals surface area contributed by atoms with Crippen molar-refractivity contribution in [2.24, 2.45) is 0 Å². The molecule has 5 heteroatoms. The van der Waals surface area contributed by atoms with Crippen molar-refractivity contribution in [1.29, 1.82) is 5.26 Å². The summed E-state index contributed by atoms with van der Waals surface area (Å²) in [5, 5.41) is 11.3. The summed E-state index contributed by atoms with van der Waals surface area (Å²) in [7, 11) is 0. The number of halogens is 3. The van der Waals surface area contributed by atoms with Gasteiger partial charge in [-0.1, -0.05) is 18.2 Å². The summed E-state index contributed by atoms with van der Waals surface area (Å²) >= 11 is 0. The maximum absolute atomic E-state index is 12.6. The summed E-state index contributed by atoms with van der Waals surface area (Å²) in [6.07, 6.45) is -4.06. The van der Waals surface area contributed by atoms with Crippen LogP contribution in [0, 0.1) is 11.3 Å². The molecule has 92 valence electrons. The highest BCUT2D eigenvalue weighted by Gasteiger charge is 2.32. The Morgan fingerprint density at radius 2 is 2.00 bits per heavy atom. The van der Waals surface area contributed by atoms with Gasteiger partial charge in [0.2, 0.25) is 0 Å². The van der Waals surface area contributed by atoms with E-state index in [2.05, 4.69) is 5.32 Å². The van der Waals surface area contributed by atoms with Crippen molar-refractivity contribution in [3.05, 3.63) is 35.4 Å². The summed E-state index contributed by atoms with van der Waals surface area (Å²) < 4.78 is 37.9. The molecule has 1 aromatic rings. The van der Waals surface area contributed by atoms with Crippen molar-refractivity contribution in [2.45, 2.75) is 32.1 Å². The number of benzene rings is 1. The monoisotopic (exact) mass is 242 g/mol. The molecule has 17 heavy (non-hydrogen) atoms. The third-order valence-electron chi connectivity index (χ3n) is 2.36. The lowest BCUT2D eigenvalue weighted by atomic mass is 10.1. The Bertz CT molecular complexity index is 407. The highest BCUT2D eigenvalue weighted by molar-refractivity contribution is 5.29. The van der Waals surface area contributed by atoms with Gasteiger partial charge >= 0.3 is 6.18 Å². The molecule has 2 nitrogen and oxygen atoms in total. The number of rotatable bonds is 4. The molecule has 1 unspecified atom stereocenters. The lowest BCUT2D eigenvalue weighted by molar-refractivity contribution is -0.138. The molecule has 0 amide bonds. The number of nitrogens with zero attached hydrogens (tertiary/aromatic N) is 1. The molecule has 0 aliphatic carbocycles. The average molecular weight is 242 g/mol. The summed E-state index contributed by atoms with van der Waals surface area (Å²) in [5.74, 6) is 0. The average Bonchev–Trinajstić information content (AvgIpc) is 2.26. The zero-order chi connectivity index (χ0) is 12.9. The molecule has 0 heterocycles. The lowest BCUT2D eigenvalue weighted by Crippen LogP contribution is -2.26. The highest BCUT2D eigenvalue weighted by atomic mass is 19.4. The van der Waals surface area contributed by atoms with Gasteiger partial charge in [0.05, 0.1) is 18.1 Å². The van der Waals surface area contributed by atoms with Crippen LogP contribution < -0.4 is 5.32 Å². The summed E-state index contributed by atoms with van der Waals surface area (Å²) in [6.45, 7) is 1.87.